The van der Waals surface area contributed by atoms with E-state index in [1.807, 2.05) is 13.0 Å². The van der Waals surface area contributed by atoms with Crippen molar-refractivity contribution in [1.29, 1.82) is 0 Å². The first-order chi connectivity index (χ1) is 14.6. The topological polar surface area (TPSA) is 58.6 Å². The van der Waals surface area contributed by atoms with Crippen molar-refractivity contribution in [3.8, 4) is 5.75 Å². The molecule has 150 valence electrons. The van der Waals surface area contributed by atoms with Gasteiger partial charge in [-0.05, 0) is 61.0 Å². The summed E-state index contributed by atoms with van der Waals surface area (Å²) in [4.78, 5) is 27.7. The number of nitrogens with zero attached hydrogens (tertiary/aromatic N) is 1. The van der Waals surface area contributed by atoms with Crippen molar-refractivity contribution in [2.75, 3.05) is 16.8 Å². The number of ether oxygens (including phenoxy) is 1. The summed E-state index contributed by atoms with van der Waals surface area (Å²) in [6.07, 6.45) is 0. The Labute approximate surface area is 173 Å². The number of hydrogen-bond acceptors (Lipinski definition) is 4. The second-order valence-corrected chi connectivity index (χ2v) is 6.62. The first-order valence-corrected chi connectivity index (χ1v) is 9.52. The van der Waals surface area contributed by atoms with Crippen LogP contribution in [0, 0.1) is 5.82 Å². The molecule has 1 aliphatic rings. The predicted molar refractivity (Wildman–Crippen MR) is 113 cm³/mol. The molecule has 1 aliphatic heterocycles. The molecule has 0 saturated carbocycles. The number of benzene rings is 3. The maximum Gasteiger partial charge on any atom is 0.282 e. The zero-order chi connectivity index (χ0) is 21.1. The van der Waals surface area contributed by atoms with Crippen LogP contribution in [0.3, 0.4) is 0 Å². The number of rotatable bonds is 6. The molecular formula is C24H19FN2O3. The summed E-state index contributed by atoms with van der Waals surface area (Å²) in [5.74, 6) is -0.642. The van der Waals surface area contributed by atoms with Crippen molar-refractivity contribution in [1.82, 2.24) is 0 Å². The molecule has 0 radical (unpaired) electrons. The van der Waals surface area contributed by atoms with Crippen LogP contribution in [-0.4, -0.2) is 18.4 Å². The Morgan fingerprint density at radius 3 is 2.17 bits per heavy atom. The maximum absolute atomic E-state index is 13.3. The van der Waals surface area contributed by atoms with Gasteiger partial charge in [0.1, 0.15) is 17.3 Å². The Morgan fingerprint density at radius 1 is 0.867 bits per heavy atom. The first kappa shape index (κ1) is 19.4. The number of amides is 2. The third-order valence-electron chi connectivity index (χ3n) is 4.67. The molecule has 0 unspecified atom stereocenters. The molecule has 6 heteroatoms. The van der Waals surface area contributed by atoms with Crippen molar-refractivity contribution in [3.63, 3.8) is 0 Å². The molecule has 30 heavy (non-hydrogen) atoms. The smallest absolute Gasteiger partial charge is 0.282 e. The van der Waals surface area contributed by atoms with Crippen LogP contribution >= 0.6 is 0 Å². The highest BCUT2D eigenvalue weighted by molar-refractivity contribution is 6.46. The average molecular weight is 402 g/mol. The molecule has 4 rings (SSSR count). The number of anilines is 2. The second-order valence-electron chi connectivity index (χ2n) is 6.62. The molecule has 0 fully saturated rings. The van der Waals surface area contributed by atoms with Gasteiger partial charge in [-0.2, -0.15) is 0 Å². The van der Waals surface area contributed by atoms with E-state index in [9.17, 15) is 14.0 Å². The van der Waals surface area contributed by atoms with Crippen LogP contribution in [0.4, 0.5) is 15.8 Å². The lowest BCUT2D eigenvalue weighted by Crippen LogP contribution is -2.32. The van der Waals surface area contributed by atoms with Gasteiger partial charge in [0.25, 0.3) is 11.8 Å². The highest BCUT2D eigenvalue weighted by Gasteiger charge is 2.40. The molecule has 3 aromatic carbocycles. The summed E-state index contributed by atoms with van der Waals surface area (Å²) in [7, 11) is 0. The van der Waals surface area contributed by atoms with E-state index >= 15 is 0 Å². The van der Waals surface area contributed by atoms with Crippen molar-refractivity contribution in [3.05, 3.63) is 95.9 Å². The highest BCUT2D eigenvalue weighted by atomic mass is 19.1. The second kappa shape index (κ2) is 8.21. The monoisotopic (exact) mass is 402 g/mol. The van der Waals surface area contributed by atoms with Gasteiger partial charge in [-0.3, -0.25) is 9.59 Å². The van der Waals surface area contributed by atoms with E-state index in [4.69, 9.17) is 4.74 Å². The van der Waals surface area contributed by atoms with E-state index in [0.29, 0.717) is 29.3 Å². The quantitative estimate of drug-likeness (QED) is 0.611. The first-order valence-electron chi connectivity index (χ1n) is 9.52. The van der Waals surface area contributed by atoms with Gasteiger partial charge in [0.15, 0.2) is 0 Å². The maximum atomic E-state index is 13.3. The van der Waals surface area contributed by atoms with Crippen LogP contribution < -0.4 is 15.0 Å². The standard InChI is InChI=1S/C24H19FN2O3/c1-2-30-20-14-12-19(13-15-20)27-23(28)21(16-6-4-3-5-7-16)22(24(27)29)26-18-10-8-17(25)9-11-18/h3-15,26H,2H2,1H3. The molecule has 1 heterocycles. The van der Waals surface area contributed by atoms with Gasteiger partial charge in [-0.1, -0.05) is 30.3 Å². The molecule has 0 aliphatic carbocycles. The Hall–Kier alpha value is -3.93. The normalized spacial score (nSPS) is 13.7. The molecule has 2 amide bonds. The van der Waals surface area contributed by atoms with Crippen LogP contribution in [0.15, 0.2) is 84.6 Å². The largest absolute Gasteiger partial charge is 0.494 e. The molecule has 3 aromatic rings. The number of hydrogen-bond donors (Lipinski definition) is 1. The van der Waals surface area contributed by atoms with Gasteiger partial charge in [-0.15, -0.1) is 0 Å². The van der Waals surface area contributed by atoms with E-state index in [1.54, 1.807) is 48.5 Å². The van der Waals surface area contributed by atoms with Crippen molar-refractivity contribution >= 4 is 28.8 Å². The number of nitrogens with one attached hydrogen (secondary N) is 1. The van der Waals surface area contributed by atoms with E-state index < -0.39 is 11.8 Å². The van der Waals surface area contributed by atoms with Gasteiger partial charge in [0, 0.05) is 5.69 Å². The van der Waals surface area contributed by atoms with E-state index in [2.05, 4.69) is 5.32 Å². The summed E-state index contributed by atoms with van der Waals surface area (Å²) < 4.78 is 18.7. The average Bonchev–Trinajstić information content (AvgIpc) is 3.01. The molecule has 0 bridgehead atoms. The van der Waals surface area contributed by atoms with E-state index in [-0.39, 0.29) is 17.1 Å². The lowest BCUT2D eigenvalue weighted by Gasteiger charge is -2.16. The Kier molecular flexibility index (Phi) is 5.30. The van der Waals surface area contributed by atoms with Gasteiger partial charge >= 0.3 is 0 Å². The van der Waals surface area contributed by atoms with Crippen LogP contribution in [0.2, 0.25) is 0 Å². The lowest BCUT2D eigenvalue weighted by atomic mass is 10.0. The zero-order valence-corrected chi connectivity index (χ0v) is 16.3. The summed E-state index contributed by atoms with van der Waals surface area (Å²) >= 11 is 0. The lowest BCUT2D eigenvalue weighted by molar-refractivity contribution is -0.120. The summed E-state index contributed by atoms with van der Waals surface area (Å²) in [6.45, 7) is 2.40. The third kappa shape index (κ3) is 3.67. The summed E-state index contributed by atoms with van der Waals surface area (Å²) in [5, 5.41) is 3.00. The SMILES string of the molecule is CCOc1ccc(N2C(=O)C(Nc3ccc(F)cc3)=C(c3ccccc3)C2=O)cc1. The minimum absolute atomic E-state index is 0.145. The number of carbonyl (C=O) groups is 2. The van der Waals surface area contributed by atoms with E-state index in [1.165, 1.54) is 24.3 Å². The molecule has 0 spiro atoms. The summed E-state index contributed by atoms with van der Waals surface area (Å²) in [6, 6.07) is 21.4. The van der Waals surface area contributed by atoms with Crippen molar-refractivity contribution in [2.45, 2.75) is 6.92 Å². The molecule has 0 saturated heterocycles. The fourth-order valence-electron chi connectivity index (χ4n) is 3.29. The molecule has 0 atom stereocenters. The fourth-order valence-corrected chi connectivity index (χ4v) is 3.29. The van der Waals surface area contributed by atoms with Crippen molar-refractivity contribution < 1.29 is 18.7 Å². The van der Waals surface area contributed by atoms with Gasteiger partial charge in [0.05, 0.1) is 17.9 Å². The van der Waals surface area contributed by atoms with Crippen LogP contribution in [0.1, 0.15) is 12.5 Å². The van der Waals surface area contributed by atoms with Crippen LogP contribution in [0.5, 0.6) is 5.75 Å². The fraction of sp³-hybridized carbons (Fsp3) is 0.0833. The molecule has 5 nitrogen and oxygen atoms in total. The Balaban J connectivity index is 1.74. The van der Waals surface area contributed by atoms with Gasteiger partial charge in [-0.25, -0.2) is 9.29 Å². The number of carbonyl (C=O) groups excluding carboxylic acids is 2. The minimum atomic E-state index is -0.479. The van der Waals surface area contributed by atoms with Crippen LogP contribution in [-0.2, 0) is 9.59 Å². The molecule has 0 aromatic heterocycles. The highest BCUT2D eigenvalue weighted by Crippen LogP contribution is 2.34. The molecule has 1 N–H and O–H groups in total. The number of imide groups is 1. The Morgan fingerprint density at radius 2 is 1.53 bits per heavy atom. The Bertz CT molecular complexity index is 1110. The van der Waals surface area contributed by atoms with Crippen LogP contribution in [0.25, 0.3) is 5.57 Å². The van der Waals surface area contributed by atoms with Crippen molar-refractivity contribution in [2.24, 2.45) is 0 Å². The zero-order valence-electron chi connectivity index (χ0n) is 16.3. The minimum Gasteiger partial charge on any atom is -0.494 e. The van der Waals surface area contributed by atoms with Gasteiger partial charge in [0.2, 0.25) is 0 Å². The third-order valence-corrected chi connectivity index (χ3v) is 4.67. The van der Waals surface area contributed by atoms with Gasteiger partial charge < -0.3 is 10.1 Å². The molecular weight excluding hydrogens is 383 g/mol. The summed E-state index contributed by atoms with van der Waals surface area (Å²) in [5.41, 5.74) is 1.98. The van der Waals surface area contributed by atoms with E-state index in [0.717, 1.165) is 4.90 Å². The number of halogens is 1. The predicted octanol–water partition coefficient (Wildman–Crippen LogP) is 4.62.